The van der Waals surface area contributed by atoms with Gasteiger partial charge in [-0.05, 0) is 62.8 Å². The molecule has 1 aromatic carbocycles. The van der Waals surface area contributed by atoms with Crippen molar-refractivity contribution in [2.45, 2.75) is 39.2 Å². The minimum Gasteiger partial charge on any atom is -0.398 e. The lowest BCUT2D eigenvalue weighted by atomic mass is 10.0. The first-order chi connectivity index (χ1) is 10.0. The molecule has 4 nitrogen and oxygen atoms in total. The van der Waals surface area contributed by atoms with Crippen molar-refractivity contribution in [2.24, 2.45) is 5.92 Å². The van der Waals surface area contributed by atoms with Crippen LogP contribution in [0.25, 0.3) is 0 Å². The molecular weight excluding hydrogens is 262 g/mol. The van der Waals surface area contributed by atoms with Gasteiger partial charge in [-0.25, -0.2) is 0 Å². The molecule has 0 radical (unpaired) electrons. The molecule has 0 spiro atoms. The molecule has 114 valence electrons. The normalized spacial score (nSPS) is 22.5. The molecule has 0 bridgehead atoms. The maximum absolute atomic E-state index is 12.3. The number of rotatable bonds is 4. The van der Waals surface area contributed by atoms with Gasteiger partial charge in [-0.15, -0.1) is 0 Å². The van der Waals surface area contributed by atoms with Crippen molar-refractivity contribution in [1.82, 2.24) is 10.2 Å². The molecule has 3 N–H and O–H groups in total. The highest BCUT2D eigenvalue weighted by molar-refractivity contribution is 5.96. The number of anilines is 1. The Morgan fingerprint density at radius 1 is 1.29 bits per heavy atom. The lowest BCUT2D eigenvalue weighted by Gasteiger charge is -2.16. The van der Waals surface area contributed by atoms with Crippen LogP contribution in [-0.2, 0) is 0 Å². The molecule has 4 heteroatoms. The monoisotopic (exact) mass is 287 g/mol. The Hall–Kier alpha value is -1.55. The predicted molar refractivity (Wildman–Crippen MR) is 85.4 cm³/mol. The fraction of sp³-hybridized carbons (Fsp3) is 0.588. The first kappa shape index (κ1) is 14.4. The third-order valence-corrected chi connectivity index (χ3v) is 4.79. The van der Waals surface area contributed by atoms with Gasteiger partial charge in [-0.2, -0.15) is 0 Å². The van der Waals surface area contributed by atoms with Crippen LogP contribution in [0.2, 0.25) is 0 Å². The van der Waals surface area contributed by atoms with Crippen molar-refractivity contribution in [3.05, 3.63) is 28.8 Å². The molecule has 1 amide bonds. The lowest BCUT2D eigenvalue weighted by molar-refractivity contribution is 0.0947. The van der Waals surface area contributed by atoms with Crippen LogP contribution in [0.5, 0.6) is 0 Å². The van der Waals surface area contributed by atoms with Crippen LogP contribution in [0.1, 0.15) is 40.7 Å². The summed E-state index contributed by atoms with van der Waals surface area (Å²) in [5.74, 6) is 0.599. The van der Waals surface area contributed by atoms with Gasteiger partial charge in [-0.1, -0.05) is 6.07 Å². The van der Waals surface area contributed by atoms with Gasteiger partial charge in [0.1, 0.15) is 0 Å². The summed E-state index contributed by atoms with van der Waals surface area (Å²) in [5, 5.41) is 3.09. The number of aryl methyl sites for hydroxylation is 2. The minimum atomic E-state index is 0.00377. The summed E-state index contributed by atoms with van der Waals surface area (Å²) in [6.07, 6.45) is 3.92. The highest BCUT2D eigenvalue weighted by Crippen LogP contribution is 2.31. The molecule has 1 saturated carbocycles. The van der Waals surface area contributed by atoms with E-state index >= 15 is 0 Å². The number of likely N-dealkylation sites (tertiary alicyclic amines) is 1. The van der Waals surface area contributed by atoms with Gasteiger partial charge in [0.25, 0.3) is 5.91 Å². The van der Waals surface area contributed by atoms with E-state index in [-0.39, 0.29) is 5.91 Å². The zero-order valence-corrected chi connectivity index (χ0v) is 13.0. The van der Waals surface area contributed by atoms with Gasteiger partial charge in [0.2, 0.25) is 0 Å². The predicted octanol–water partition coefficient (Wildman–Crippen LogP) is 2.10. The zero-order valence-electron chi connectivity index (χ0n) is 13.0. The highest BCUT2D eigenvalue weighted by atomic mass is 16.1. The smallest absolute Gasteiger partial charge is 0.251 e. The second-order valence-corrected chi connectivity index (χ2v) is 6.61. The summed E-state index contributed by atoms with van der Waals surface area (Å²) in [5.41, 5.74) is 9.33. The van der Waals surface area contributed by atoms with E-state index in [1.165, 1.54) is 25.8 Å². The van der Waals surface area contributed by atoms with Crippen LogP contribution in [0.4, 0.5) is 5.69 Å². The number of carbonyl (C=O) groups is 1. The van der Waals surface area contributed by atoms with Gasteiger partial charge in [0.15, 0.2) is 0 Å². The van der Waals surface area contributed by atoms with Gasteiger partial charge in [-0.3, -0.25) is 4.79 Å². The van der Waals surface area contributed by atoms with E-state index in [4.69, 9.17) is 5.73 Å². The number of nitrogens with zero attached hydrogens (tertiary/aromatic N) is 1. The van der Waals surface area contributed by atoms with Gasteiger partial charge in [0.05, 0.1) is 0 Å². The third kappa shape index (κ3) is 3.21. The Labute approximate surface area is 126 Å². The van der Waals surface area contributed by atoms with Crippen molar-refractivity contribution in [3.63, 3.8) is 0 Å². The number of carbonyl (C=O) groups excluding carboxylic acids is 1. The molecule has 1 atom stereocenters. The van der Waals surface area contributed by atoms with E-state index in [9.17, 15) is 4.79 Å². The number of nitrogen functional groups attached to an aromatic ring is 1. The summed E-state index contributed by atoms with van der Waals surface area (Å²) in [6, 6.07) is 4.62. The van der Waals surface area contributed by atoms with E-state index in [2.05, 4.69) is 10.2 Å². The molecule has 3 rings (SSSR count). The van der Waals surface area contributed by atoms with Crippen molar-refractivity contribution in [1.29, 1.82) is 0 Å². The number of hydrogen-bond donors (Lipinski definition) is 2. The van der Waals surface area contributed by atoms with E-state index in [0.717, 1.165) is 30.3 Å². The number of hydrogen-bond acceptors (Lipinski definition) is 3. The average molecular weight is 287 g/mol. The van der Waals surface area contributed by atoms with Crippen LogP contribution in [0.3, 0.4) is 0 Å². The molecule has 1 aliphatic heterocycles. The first-order valence-corrected chi connectivity index (χ1v) is 7.93. The topological polar surface area (TPSA) is 58.4 Å². The van der Waals surface area contributed by atoms with E-state index < -0.39 is 0 Å². The summed E-state index contributed by atoms with van der Waals surface area (Å²) in [6.45, 7) is 7.04. The van der Waals surface area contributed by atoms with Crippen LogP contribution < -0.4 is 11.1 Å². The van der Waals surface area contributed by atoms with Crippen molar-refractivity contribution < 1.29 is 4.79 Å². The summed E-state index contributed by atoms with van der Waals surface area (Å²) in [4.78, 5) is 14.9. The van der Waals surface area contributed by atoms with Crippen molar-refractivity contribution >= 4 is 11.6 Å². The van der Waals surface area contributed by atoms with Crippen molar-refractivity contribution in [3.8, 4) is 0 Å². The number of benzene rings is 1. The molecular formula is C17H25N3O. The molecule has 0 aromatic heterocycles. The molecule has 1 saturated heterocycles. The SMILES string of the molecule is Cc1cc(C)c(C(=O)NCC2CCN(C3CC3)C2)cc1N. The van der Waals surface area contributed by atoms with E-state index in [1.54, 1.807) is 6.07 Å². The Morgan fingerprint density at radius 3 is 2.76 bits per heavy atom. The number of nitrogens with one attached hydrogen (secondary N) is 1. The second kappa shape index (κ2) is 5.68. The molecule has 1 unspecified atom stereocenters. The van der Waals surface area contributed by atoms with Gasteiger partial charge in [0, 0.05) is 30.4 Å². The number of amides is 1. The largest absolute Gasteiger partial charge is 0.398 e. The summed E-state index contributed by atoms with van der Waals surface area (Å²) in [7, 11) is 0. The van der Waals surface area contributed by atoms with E-state index in [1.807, 2.05) is 19.9 Å². The molecule has 1 aromatic rings. The quantitative estimate of drug-likeness (QED) is 0.834. The van der Waals surface area contributed by atoms with E-state index in [0.29, 0.717) is 17.2 Å². The summed E-state index contributed by atoms with van der Waals surface area (Å²) < 4.78 is 0. The lowest BCUT2D eigenvalue weighted by Crippen LogP contribution is -2.32. The Kier molecular flexibility index (Phi) is 3.89. The maximum Gasteiger partial charge on any atom is 0.251 e. The molecule has 2 aliphatic rings. The highest BCUT2D eigenvalue weighted by Gasteiger charge is 2.34. The fourth-order valence-corrected chi connectivity index (χ4v) is 3.25. The molecule has 21 heavy (non-hydrogen) atoms. The minimum absolute atomic E-state index is 0.00377. The average Bonchev–Trinajstić information content (AvgIpc) is 3.19. The van der Waals surface area contributed by atoms with Crippen LogP contribution in [0.15, 0.2) is 12.1 Å². The molecule has 1 heterocycles. The van der Waals surface area contributed by atoms with Crippen molar-refractivity contribution in [2.75, 3.05) is 25.4 Å². The molecule has 1 aliphatic carbocycles. The Bertz CT molecular complexity index is 551. The Balaban J connectivity index is 1.55. The number of nitrogens with two attached hydrogens (primary N) is 1. The van der Waals surface area contributed by atoms with Gasteiger partial charge < -0.3 is 16.0 Å². The van der Waals surface area contributed by atoms with Crippen LogP contribution >= 0.6 is 0 Å². The van der Waals surface area contributed by atoms with Gasteiger partial charge >= 0.3 is 0 Å². The second-order valence-electron chi connectivity index (χ2n) is 6.61. The maximum atomic E-state index is 12.3. The zero-order chi connectivity index (χ0) is 15.0. The Morgan fingerprint density at radius 2 is 2.05 bits per heavy atom. The first-order valence-electron chi connectivity index (χ1n) is 7.93. The van der Waals surface area contributed by atoms with Crippen LogP contribution in [0, 0.1) is 19.8 Å². The summed E-state index contributed by atoms with van der Waals surface area (Å²) >= 11 is 0. The van der Waals surface area contributed by atoms with Crippen LogP contribution in [-0.4, -0.2) is 36.5 Å². The molecule has 2 fully saturated rings. The third-order valence-electron chi connectivity index (χ3n) is 4.79. The fourth-order valence-electron chi connectivity index (χ4n) is 3.25. The standard InChI is InChI=1S/C17H25N3O/c1-11-7-12(2)16(18)8-15(11)17(21)19-9-13-5-6-20(10-13)14-3-4-14/h7-8,13-14H,3-6,9-10,18H2,1-2H3,(H,19,21).